The van der Waals surface area contributed by atoms with Crippen LogP contribution in [0.3, 0.4) is 0 Å². The van der Waals surface area contributed by atoms with Crippen LogP contribution in [0.15, 0.2) is 71.1 Å². The molecule has 0 radical (unpaired) electrons. The molecular formula is C19H12N2O. The number of hydrogen-bond acceptors (Lipinski definition) is 3. The Morgan fingerprint density at radius 1 is 0.773 bits per heavy atom. The van der Waals surface area contributed by atoms with E-state index < -0.39 is 0 Å². The van der Waals surface area contributed by atoms with Crippen molar-refractivity contribution in [2.24, 2.45) is 0 Å². The Balaban J connectivity index is 1.72. The maximum Gasteiger partial charge on any atom is 0.137 e. The van der Waals surface area contributed by atoms with Crippen LogP contribution in [0.4, 0.5) is 11.4 Å². The quantitative estimate of drug-likeness (QED) is 0.550. The van der Waals surface area contributed by atoms with Gasteiger partial charge in [0, 0.05) is 28.2 Å². The van der Waals surface area contributed by atoms with E-state index in [4.69, 9.17) is 9.68 Å². The first kappa shape index (κ1) is 12.5. The van der Waals surface area contributed by atoms with E-state index in [9.17, 15) is 0 Å². The Morgan fingerprint density at radius 3 is 2.32 bits per heavy atom. The van der Waals surface area contributed by atoms with Gasteiger partial charge in [-0.1, -0.05) is 18.2 Å². The van der Waals surface area contributed by atoms with Crippen molar-refractivity contribution in [3.63, 3.8) is 0 Å². The molecule has 0 saturated heterocycles. The third-order valence-electron chi connectivity index (χ3n) is 3.68. The molecule has 0 fully saturated rings. The van der Waals surface area contributed by atoms with Gasteiger partial charge in [-0.15, -0.1) is 0 Å². The molecule has 22 heavy (non-hydrogen) atoms. The van der Waals surface area contributed by atoms with Gasteiger partial charge in [0.25, 0.3) is 0 Å². The van der Waals surface area contributed by atoms with Gasteiger partial charge < -0.3 is 9.73 Å². The highest BCUT2D eigenvalue weighted by Crippen LogP contribution is 2.31. The summed E-state index contributed by atoms with van der Waals surface area (Å²) in [4.78, 5) is 0. The number of nitriles is 1. The first-order chi connectivity index (χ1) is 10.8. The minimum absolute atomic E-state index is 0.651. The molecule has 0 aliphatic rings. The van der Waals surface area contributed by atoms with Gasteiger partial charge in [0.1, 0.15) is 11.2 Å². The monoisotopic (exact) mass is 284 g/mol. The zero-order valence-corrected chi connectivity index (χ0v) is 11.7. The highest BCUT2D eigenvalue weighted by molar-refractivity contribution is 6.05. The van der Waals surface area contributed by atoms with Gasteiger partial charge in [-0.3, -0.25) is 0 Å². The zero-order valence-electron chi connectivity index (χ0n) is 11.7. The SMILES string of the molecule is N#Cc1ccc(Nc2ccc3c(c2)oc2ccccc23)cc1. The molecular weight excluding hydrogens is 272 g/mol. The minimum Gasteiger partial charge on any atom is -0.456 e. The number of anilines is 2. The minimum atomic E-state index is 0.651. The fraction of sp³-hybridized carbons (Fsp3) is 0. The second-order valence-electron chi connectivity index (χ2n) is 5.12. The third-order valence-corrected chi connectivity index (χ3v) is 3.68. The number of nitrogens with one attached hydrogen (secondary N) is 1. The van der Waals surface area contributed by atoms with E-state index in [1.807, 2.05) is 42.5 Å². The van der Waals surface area contributed by atoms with E-state index in [-0.39, 0.29) is 0 Å². The number of benzene rings is 3. The summed E-state index contributed by atoms with van der Waals surface area (Å²) in [6, 6.07) is 23.6. The van der Waals surface area contributed by atoms with Crippen molar-refractivity contribution in [3.8, 4) is 6.07 Å². The van der Waals surface area contributed by atoms with Crippen LogP contribution in [0.2, 0.25) is 0 Å². The summed E-state index contributed by atoms with van der Waals surface area (Å²) in [5.74, 6) is 0. The molecule has 0 bridgehead atoms. The number of hydrogen-bond donors (Lipinski definition) is 1. The van der Waals surface area contributed by atoms with Crippen molar-refractivity contribution < 1.29 is 4.42 Å². The normalized spacial score (nSPS) is 10.7. The van der Waals surface area contributed by atoms with Gasteiger partial charge in [-0.2, -0.15) is 5.26 Å². The average molecular weight is 284 g/mol. The van der Waals surface area contributed by atoms with Crippen molar-refractivity contribution in [3.05, 3.63) is 72.3 Å². The van der Waals surface area contributed by atoms with Crippen LogP contribution >= 0.6 is 0 Å². The second kappa shape index (κ2) is 4.94. The van der Waals surface area contributed by atoms with E-state index in [0.29, 0.717) is 5.56 Å². The molecule has 3 heteroatoms. The van der Waals surface area contributed by atoms with Crippen molar-refractivity contribution in [2.75, 3.05) is 5.32 Å². The molecule has 1 N–H and O–H groups in total. The maximum atomic E-state index is 8.82. The fourth-order valence-electron chi connectivity index (χ4n) is 2.60. The largest absolute Gasteiger partial charge is 0.456 e. The highest BCUT2D eigenvalue weighted by atomic mass is 16.3. The van der Waals surface area contributed by atoms with Gasteiger partial charge >= 0.3 is 0 Å². The molecule has 0 atom stereocenters. The lowest BCUT2D eigenvalue weighted by Crippen LogP contribution is -1.89. The van der Waals surface area contributed by atoms with Gasteiger partial charge in [0.2, 0.25) is 0 Å². The summed E-state index contributed by atoms with van der Waals surface area (Å²) in [6.45, 7) is 0. The summed E-state index contributed by atoms with van der Waals surface area (Å²) < 4.78 is 5.88. The molecule has 3 aromatic carbocycles. The third kappa shape index (κ3) is 2.07. The molecule has 0 saturated carbocycles. The molecule has 0 aliphatic heterocycles. The zero-order chi connectivity index (χ0) is 14.9. The summed E-state index contributed by atoms with van der Waals surface area (Å²) in [5.41, 5.74) is 4.30. The van der Waals surface area contributed by atoms with Gasteiger partial charge in [-0.05, 0) is 42.5 Å². The van der Waals surface area contributed by atoms with Crippen LogP contribution in [0.1, 0.15) is 5.56 Å². The predicted octanol–water partition coefficient (Wildman–Crippen LogP) is 5.20. The molecule has 1 heterocycles. The van der Waals surface area contributed by atoms with Crippen LogP contribution < -0.4 is 5.32 Å². The first-order valence-corrected chi connectivity index (χ1v) is 7.02. The van der Waals surface area contributed by atoms with Crippen molar-refractivity contribution in [2.45, 2.75) is 0 Å². The first-order valence-electron chi connectivity index (χ1n) is 7.02. The topological polar surface area (TPSA) is 49.0 Å². The molecule has 3 nitrogen and oxygen atoms in total. The molecule has 0 amide bonds. The average Bonchev–Trinajstić information content (AvgIpc) is 2.93. The number of furan rings is 1. The van der Waals surface area contributed by atoms with Gasteiger partial charge in [-0.25, -0.2) is 0 Å². The second-order valence-corrected chi connectivity index (χ2v) is 5.12. The Labute approximate surface area is 127 Å². The smallest absolute Gasteiger partial charge is 0.137 e. The lowest BCUT2D eigenvalue weighted by molar-refractivity contribution is 0.669. The molecule has 0 spiro atoms. The molecule has 4 aromatic rings. The van der Waals surface area contributed by atoms with E-state index in [1.54, 1.807) is 12.1 Å². The van der Waals surface area contributed by atoms with E-state index >= 15 is 0 Å². The summed E-state index contributed by atoms with van der Waals surface area (Å²) >= 11 is 0. The molecule has 0 aliphatic carbocycles. The Hall–Kier alpha value is -3.25. The standard InChI is InChI=1S/C19H12N2O/c20-12-13-5-7-14(8-6-13)21-15-9-10-17-16-3-1-2-4-18(16)22-19(17)11-15/h1-11,21H. The summed E-state index contributed by atoms with van der Waals surface area (Å²) in [6.07, 6.45) is 0. The van der Waals surface area contributed by atoms with Crippen LogP contribution in [-0.4, -0.2) is 0 Å². The predicted molar refractivity (Wildman–Crippen MR) is 88.2 cm³/mol. The molecule has 1 aromatic heterocycles. The van der Waals surface area contributed by atoms with Gasteiger partial charge in [0.05, 0.1) is 11.6 Å². The summed E-state index contributed by atoms with van der Waals surface area (Å²) in [7, 11) is 0. The van der Waals surface area contributed by atoms with Gasteiger partial charge in [0.15, 0.2) is 0 Å². The Kier molecular flexibility index (Phi) is 2.80. The lowest BCUT2D eigenvalue weighted by Gasteiger charge is -2.06. The number of fused-ring (bicyclic) bond motifs is 3. The van der Waals surface area contributed by atoms with E-state index in [0.717, 1.165) is 33.3 Å². The fourth-order valence-corrected chi connectivity index (χ4v) is 2.60. The van der Waals surface area contributed by atoms with Crippen molar-refractivity contribution >= 4 is 33.3 Å². The summed E-state index contributed by atoms with van der Waals surface area (Å²) in [5, 5.41) is 14.4. The van der Waals surface area contributed by atoms with Crippen LogP contribution in [0.5, 0.6) is 0 Å². The molecule has 4 rings (SSSR count). The van der Waals surface area contributed by atoms with Crippen LogP contribution in [0.25, 0.3) is 21.9 Å². The number of nitrogens with zero attached hydrogens (tertiary/aromatic N) is 1. The van der Waals surface area contributed by atoms with Crippen LogP contribution in [-0.2, 0) is 0 Å². The van der Waals surface area contributed by atoms with Crippen molar-refractivity contribution in [1.29, 1.82) is 5.26 Å². The van der Waals surface area contributed by atoms with Crippen LogP contribution in [0, 0.1) is 11.3 Å². The number of para-hydroxylation sites is 1. The molecule has 0 unspecified atom stereocenters. The highest BCUT2D eigenvalue weighted by Gasteiger charge is 2.06. The lowest BCUT2D eigenvalue weighted by atomic mass is 10.1. The van der Waals surface area contributed by atoms with E-state index in [2.05, 4.69) is 23.5 Å². The Morgan fingerprint density at radius 2 is 1.50 bits per heavy atom. The molecule has 104 valence electrons. The van der Waals surface area contributed by atoms with Crippen molar-refractivity contribution in [1.82, 2.24) is 0 Å². The maximum absolute atomic E-state index is 8.82. The number of rotatable bonds is 2. The van der Waals surface area contributed by atoms with E-state index in [1.165, 1.54) is 0 Å². The Bertz CT molecular complexity index is 1010.